The number of hydrogen-bond acceptors (Lipinski definition) is 4. The second-order valence-corrected chi connectivity index (χ2v) is 4.57. The number of pyridine rings is 1. The van der Waals surface area contributed by atoms with Crippen molar-refractivity contribution in [3.05, 3.63) is 30.1 Å². The summed E-state index contributed by atoms with van der Waals surface area (Å²) in [5.74, 6) is 0.879. The molecule has 0 bridgehead atoms. The van der Waals surface area contributed by atoms with Gasteiger partial charge in [-0.25, -0.2) is 4.98 Å². The lowest BCUT2D eigenvalue weighted by Crippen LogP contribution is -1.93. The third-order valence-electron chi connectivity index (χ3n) is 2.17. The summed E-state index contributed by atoms with van der Waals surface area (Å²) in [4.78, 5) is 5.34. The Bertz CT molecular complexity index is 492. The molecule has 0 saturated heterocycles. The minimum atomic E-state index is 0.879. The third-order valence-corrected chi connectivity index (χ3v) is 3.25. The van der Waals surface area contributed by atoms with Crippen molar-refractivity contribution < 1.29 is 0 Å². The number of aromatic nitrogens is 3. The third kappa shape index (κ3) is 2.36. The van der Waals surface area contributed by atoms with Crippen molar-refractivity contribution in [3.8, 4) is 0 Å². The molecule has 4 nitrogen and oxygen atoms in total. The van der Waals surface area contributed by atoms with Gasteiger partial charge in [0.15, 0.2) is 0 Å². The molecular weight excluding hydrogens is 220 g/mol. The van der Waals surface area contributed by atoms with Crippen molar-refractivity contribution in [2.75, 3.05) is 12.4 Å². The molecule has 0 amide bonds. The molecular formula is C11H14N4S. The van der Waals surface area contributed by atoms with Crippen LogP contribution in [0, 0.1) is 6.92 Å². The molecule has 2 aromatic heterocycles. The van der Waals surface area contributed by atoms with Crippen LogP contribution in [0.4, 0.5) is 5.82 Å². The Labute approximate surface area is 99.1 Å². The lowest BCUT2D eigenvalue weighted by Gasteiger charge is -2.03. The molecule has 0 radical (unpaired) electrons. The summed E-state index contributed by atoms with van der Waals surface area (Å²) >= 11 is 1.69. The highest BCUT2D eigenvalue weighted by Gasteiger charge is 2.04. The molecule has 0 atom stereocenters. The van der Waals surface area contributed by atoms with E-state index in [2.05, 4.69) is 21.5 Å². The topological polar surface area (TPSA) is 42.7 Å². The second-order valence-electron chi connectivity index (χ2n) is 3.48. The monoisotopic (exact) mass is 234 g/mol. The van der Waals surface area contributed by atoms with Crippen molar-refractivity contribution >= 4 is 17.6 Å². The van der Waals surface area contributed by atoms with Crippen molar-refractivity contribution in [2.45, 2.75) is 16.8 Å². The smallest absolute Gasteiger partial charge is 0.126 e. The zero-order valence-corrected chi connectivity index (χ0v) is 10.4. The molecule has 5 heteroatoms. The molecule has 84 valence electrons. The van der Waals surface area contributed by atoms with Gasteiger partial charge in [0, 0.05) is 25.2 Å². The Kier molecular flexibility index (Phi) is 3.14. The summed E-state index contributed by atoms with van der Waals surface area (Å²) in [5.41, 5.74) is 1.04. The lowest BCUT2D eigenvalue weighted by atomic mass is 10.5. The molecule has 0 unspecified atom stereocenters. The quantitative estimate of drug-likeness (QED) is 0.885. The Morgan fingerprint density at radius 2 is 2.19 bits per heavy atom. The number of nitrogens with one attached hydrogen (secondary N) is 1. The minimum absolute atomic E-state index is 0.879. The summed E-state index contributed by atoms with van der Waals surface area (Å²) < 4.78 is 1.89. The van der Waals surface area contributed by atoms with Gasteiger partial charge in [0.1, 0.15) is 5.82 Å². The first kappa shape index (κ1) is 11.0. The number of anilines is 1. The predicted octanol–water partition coefficient (Wildman–Crippen LogP) is 2.32. The maximum absolute atomic E-state index is 4.31. The van der Waals surface area contributed by atoms with Gasteiger partial charge >= 0.3 is 0 Å². The first-order chi connectivity index (χ1) is 7.69. The number of aryl methyl sites for hydroxylation is 2. The van der Waals surface area contributed by atoms with Crippen LogP contribution < -0.4 is 5.32 Å². The molecule has 0 aliphatic rings. The first-order valence-electron chi connectivity index (χ1n) is 5.01. The largest absolute Gasteiger partial charge is 0.373 e. The van der Waals surface area contributed by atoms with E-state index in [9.17, 15) is 0 Å². The van der Waals surface area contributed by atoms with E-state index in [1.807, 2.05) is 37.8 Å². The summed E-state index contributed by atoms with van der Waals surface area (Å²) in [5, 5.41) is 8.47. The molecule has 0 aliphatic carbocycles. The van der Waals surface area contributed by atoms with Gasteiger partial charge < -0.3 is 5.32 Å². The molecule has 2 rings (SSSR count). The maximum atomic E-state index is 4.31. The van der Waals surface area contributed by atoms with Gasteiger partial charge in [0.05, 0.1) is 10.7 Å². The Morgan fingerprint density at radius 1 is 1.38 bits per heavy atom. The fourth-order valence-corrected chi connectivity index (χ4v) is 2.36. The summed E-state index contributed by atoms with van der Waals surface area (Å²) in [6.07, 6.45) is 1.80. The molecule has 0 fully saturated rings. The van der Waals surface area contributed by atoms with Gasteiger partial charge in [0.25, 0.3) is 0 Å². The van der Waals surface area contributed by atoms with Crippen LogP contribution in [0.15, 0.2) is 34.3 Å². The van der Waals surface area contributed by atoms with Crippen LogP contribution in [0.2, 0.25) is 0 Å². The Balaban J connectivity index is 2.23. The molecule has 2 heterocycles. The molecule has 0 spiro atoms. The van der Waals surface area contributed by atoms with Crippen LogP contribution in [0.1, 0.15) is 5.69 Å². The van der Waals surface area contributed by atoms with Crippen LogP contribution >= 0.6 is 11.8 Å². The highest BCUT2D eigenvalue weighted by Crippen LogP contribution is 2.28. The summed E-state index contributed by atoms with van der Waals surface area (Å²) in [7, 11) is 3.82. The zero-order chi connectivity index (χ0) is 11.5. The lowest BCUT2D eigenvalue weighted by molar-refractivity contribution is 0.692. The molecule has 0 saturated carbocycles. The number of rotatable bonds is 3. The van der Waals surface area contributed by atoms with E-state index in [4.69, 9.17) is 0 Å². The van der Waals surface area contributed by atoms with Gasteiger partial charge in [0.2, 0.25) is 0 Å². The van der Waals surface area contributed by atoms with E-state index in [-0.39, 0.29) is 0 Å². The van der Waals surface area contributed by atoms with E-state index in [1.54, 1.807) is 18.0 Å². The average molecular weight is 234 g/mol. The van der Waals surface area contributed by atoms with Gasteiger partial charge in [-0.15, -0.1) is 0 Å². The predicted molar refractivity (Wildman–Crippen MR) is 65.9 cm³/mol. The van der Waals surface area contributed by atoms with E-state index >= 15 is 0 Å². The zero-order valence-electron chi connectivity index (χ0n) is 9.56. The normalized spacial score (nSPS) is 10.4. The average Bonchev–Trinajstić information content (AvgIpc) is 2.58. The van der Waals surface area contributed by atoms with E-state index in [1.165, 1.54) is 0 Å². The Hall–Kier alpha value is -1.49. The second kappa shape index (κ2) is 4.57. The minimum Gasteiger partial charge on any atom is -0.373 e. The molecule has 0 aromatic carbocycles. The van der Waals surface area contributed by atoms with Crippen molar-refractivity contribution in [1.29, 1.82) is 0 Å². The highest BCUT2D eigenvalue weighted by atomic mass is 32.2. The van der Waals surface area contributed by atoms with E-state index in [0.717, 1.165) is 21.4 Å². The van der Waals surface area contributed by atoms with Crippen LogP contribution in [0.5, 0.6) is 0 Å². The van der Waals surface area contributed by atoms with Crippen LogP contribution in [-0.4, -0.2) is 21.8 Å². The molecule has 0 aliphatic heterocycles. The van der Waals surface area contributed by atoms with Crippen LogP contribution in [0.25, 0.3) is 0 Å². The van der Waals surface area contributed by atoms with Crippen LogP contribution in [0.3, 0.4) is 0 Å². The first-order valence-corrected chi connectivity index (χ1v) is 5.83. The van der Waals surface area contributed by atoms with Crippen LogP contribution in [-0.2, 0) is 7.05 Å². The fraction of sp³-hybridized carbons (Fsp3) is 0.273. The summed E-state index contributed by atoms with van der Waals surface area (Å²) in [6.45, 7) is 2.00. The van der Waals surface area contributed by atoms with Gasteiger partial charge in [-0.2, -0.15) is 5.10 Å². The number of hydrogen-bond donors (Lipinski definition) is 1. The van der Waals surface area contributed by atoms with Gasteiger partial charge in [-0.3, -0.25) is 4.68 Å². The fourth-order valence-electron chi connectivity index (χ4n) is 1.41. The van der Waals surface area contributed by atoms with Crippen molar-refractivity contribution in [2.24, 2.45) is 7.05 Å². The maximum Gasteiger partial charge on any atom is 0.126 e. The molecule has 1 N–H and O–H groups in total. The van der Waals surface area contributed by atoms with Crippen molar-refractivity contribution in [3.63, 3.8) is 0 Å². The van der Waals surface area contributed by atoms with Crippen molar-refractivity contribution in [1.82, 2.24) is 14.8 Å². The number of nitrogens with zero attached hydrogens (tertiary/aromatic N) is 3. The van der Waals surface area contributed by atoms with Gasteiger partial charge in [-0.05, 0) is 25.1 Å². The Morgan fingerprint density at radius 3 is 2.81 bits per heavy atom. The standard InChI is InChI=1S/C11H14N4S/c1-8-6-11(15(3)14-8)16-9-4-5-13-10(7-9)12-2/h4-7H,1-3H3,(H,12,13). The highest BCUT2D eigenvalue weighted by molar-refractivity contribution is 7.99. The SMILES string of the molecule is CNc1cc(Sc2cc(C)nn2C)ccn1. The van der Waals surface area contributed by atoms with Gasteiger partial charge in [-0.1, -0.05) is 11.8 Å². The molecule has 2 aromatic rings. The summed E-state index contributed by atoms with van der Waals surface area (Å²) in [6, 6.07) is 6.09. The molecule has 16 heavy (non-hydrogen) atoms. The van der Waals surface area contributed by atoms with E-state index in [0.29, 0.717) is 0 Å². The van der Waals surface area contributed by atoms with E-state index < -0.39 is 0 Å².